The maximum absolute atomic E-state index is 4.80. The van der Waals surface area contributed by atoms with E-state index in [2.05, 4.69) is 71.3 Å². The zero-order chi connectivity index (χ0) is 18.8. The molecule has 0 fully saturated rings. The summed E-state index contributed by atoms with van der Waals surface area (Å²) >= 11 is 0. The molecule has 26 heavy (non-hydrogen) atoms. The van der Waals surface area contributed by atoms with Crippen molar-refractivity contribution in [1.29, 1.82) is 0 Å². The maximum Gasteiger partial charge on any atom is 0.191 e. The fraction of sp³-hybridized carbons (Fsp3) is 0.524. The molecule has 0 radical (unpaired) electrons. The first kappa shape index (κ1) is 20.0. The summed E-state index contributed by atoms with van der Waals surface area (Å²) in [6.45, 7) is 12.2. The highest BCUT2D eigenvalue weighted by Gasteiger charge is 2.19. The quantitative estimate of drug-likeness (QED) is 0.411. The lowest BCUT2D eigenvalue weighted by atomic mass is 9.85. The normalized spacial score (nSPS) is 12.2. The van der Waals surface area contributed by atoms with E-state index in [1.165, 1.54) is 5.56 Å². The number of guanidine groups is 1. The second kappa shape index (κ2) is 10.00. The molecule has 0 bridgehead atoms. The average Bonchev–Trinajstić information content (AvgIpc) is 3.05. The number of hydrogen-bond acceptors (Lipinski definition) is 2. The van der Waals surface area contributed by atoms with Crippen molar-refractivity contribution >= 4 is 5.96 Å². The number of aromatic nitrogens is 2. The highest BCUT2D eigenvalue weighted by atomic mass is 15.2. The number of rotatable bonds is 9. The van der Waals surface area contributed by atoms with Crippen molar-refractivity contribution in [2.45, 2.75) is 52.5 Å². The number of unbranched alkanes of at least 4 members (excludes halogenated alkanes) is 1. The van der Waals surface area contributed by atoms with E-state index in [0.29, 0.717) is 0 Å². The Morgan fingerprint density at radius 2 is 1.92 bits per heavy atom. The lowest BCUT2D eigenvalue weighted by Crippen LogP contribution is -2.39. The monoisotopic (exact) mass is 355 g/mol. The van der Waals surface area contributed by atoms with E-state index >= 15 is 0 Å². The van der Waals surface area contributed by atoms with Crippen LogP contribution in [-0.2, 0) is 12.0 Å². The Bertz CT molecular complexity index is 673. The maximum atomic E-state index is 4.80. The van der Waals surface area contributed by atoms with Crippen LogP contribution < -0.4 is 10.6 Å². The predicted molar refractivity (Wildman–Crippen MR) is 110 cm³/mol. The summed E-state index contributed by atoms with van der Waals surface area (Å²) in [5.41, 5.74) is 1.33. The summed E-state index contributed by atoms with van der Waals surface area (Å²) < 4.78 is 2.20. The van der Waals surface area contributed by atoms with Crippen LogP contribution in [0.3, 0.4) is 0 Å². The molecular formula is C21H33N5. The molecule has 0 saturated heterocycles. The zero-order valence-electron chi connectivity index (χ0n) is 16.6. The minimum atomic E-state index is 0.0164. The van der Waals surface area contributed by atoms with E-state index in [1.807, 2.05) is 19.3 Å². The minimum Gasteiger partial charge on any atom is -0.357 e. The Morgan fingerprint density at radius 3 is 2.58 bits per heavy atom. The van der Waals surface area contributed by atoms with Crippen molar-refractivity contribution in [3.63, 3.8) is 0 Å². The molecule has 0 aliphatic rings. The fourth-order valence-corrected chi connectivity index (χ4v) is 2.85. The van der Waals surface area contributed by atoms with Crippen molar-refractivity contribution in [2.75, 3.05) is 19.6 Å². The van der Waals surface area contributed by atoms with Gasteiger partial charge >= 0.3 is 0 Å². The topological polar surface area (TPSA) is 54.2 Å². The van der Waals surface area contributed by atoms with Crippen molar-refractivity contribution < 1.29 is 0 Å². The van der Waals surface area contributed by atoms with Gasteiger partial charge in [0.1, 0.15) is 5.82 Å². The molecule has 0 atom stereocenters. The van der Waals surface area contributed by atoms with Crippen molar-refractivity contribution in [2.24, 2.45) is 4.99 Å². The van der Waals surface area contributed by atoms with E-state index in [-0.39, 0.29) is 5.41 Å². The summed E-state index contributed by atoms with van der Waals surface area (Å²) in [5, 5.41) is 6.80. The van der Waals surface area contributed by atoms with Crippen molar-refractivity contribution in [3.8, 4) is 0 Å². The van der Waals surface area contributed by atoms with Gasteiger partial charge in [0.05, 0.1) is 6.54 Å². The van der Waals surface area contributed by atoms with Crippen LogP contribution >= 0.6 is 0 Å². The molecule has 1 heterocycles. The van der Waals surface area contributed by atoms with Gasteiger partial charge in [0.2, 0.25) is 0 Å². The van der Waals surface area contributed by atoms with Gasteiger partial charge in [-0.15, -0.1) is 0 Å². The number of imidazole rings is 1. The van der Waals surface area contributed by atoms with Crippen LogP contribution in [0.2, 0.25) is 0 Å². The second-order valence-corrected chi connectivity index (χ2v) is 7.25. The fourth-order valence-electron chi connectivity index (χ4n) is 2.85. The van der Waals surface area contributed by atoms with Gasteiger partial charge in [0.25, 0.3) is 0 Å². The molecule has 2 rings (SSSR count). The van der Waals surface area contributed by atoms with Gasteiger partial charge in [-0.3, -0.25) is 4.99 Å². The van der Waals surface area contributed by atoms with Gasteiger partial charge < -0.3 is 15.2 Å². The van der Waals surface area contributed by atoms with E-state index < -0.39 is 0 Å². The molecule has 2 aromatic rings. The largest absolute Gasteiger partial charge is 0.357 e. The molecule has 5 heteroatoms. The summed E-state index contributed by atoms with van der Waals surface area (Å²) in [4.78, 5) is 9.06. The van der Waals surface area contributed by atoms with Crippen LogP contribution in [0.5, 0.6) is 0 Å². The van der Waals surface area contributed by atoms with Gasteiger partial charge in [-0.25, -0.2) is 4.98 Å². The third-order valence-electron chi connectivity index (χ3n) is 4.57. The molecule has 0 amide bonds. The Labute approximate surface area is 158 Å². The molecule has 1 aromatic heterocycles. The molecule has 0 unspecified atom stereocenters. The van der Waals surface area contributed by atoms with Gasteiger partial charge in [0.15, 0.2) is 5.96 Å². The van der Waals surface area contributed by atoms with Crippen LogP contribution in [0.15, 0.2) is 47.7 Å². The predicted octanol–water partition coefficient (Wildman–Crippen LogP) is 3.50. The Morgan fingerprint density at radius 1 is 1.15 bits per heavy atom. The van der Waals surface area contributed by atoms with Crippen molar-refractivity contribution in [1.82, 2.24) is 20.2 Å². The zero-order valence-corrected chi connectivity index (χ0v) is 16.6. The first-order valence-electron chi connectivity index (χ1n) is 9.58. The first-order valence-corrected chi connectivity index (χ1v) is 9.58. The van der Waals surface area contributed by atoms with Gasteiger partial charge in [0, 0.05) is 37.4 Å². The number of nitrogens with one attached hydrogen (secondary N) is 2. The number of aryl methyl sites for hydroxylation is 2. The Hall–Kier alpha value is -2.30. The van der Waals surface area contributed by atoms with Crippen LogP contribution in [0.25, 0.3) is 0 Å². The number of nitrogens with zero attached hydrogens (tertiary/aromatic N) is 3. The lowest BCUT2D eigenvalue weighted by molar-refractivity contribution is 0.536. The van der Waals surface area contributed by atoms with Crippen LogP contribution in [0.1, 0.15) is 45.0 Å². The van der Waals surface area contributed by atoms with E-state index in [4.69, 9.17) is 4.99 Å². The summed E-state index contributed by atoms with van der Waals surface area (Å²) in [6.07, 6.45) is 6.13. The summed E-state index contributed by atoms with van der Waals surface area (Å²) in [5.74, 6) is 1.98. The summed E-state index contributed by atoms with van der Waals surface area (Å²) in [7, 11) is 0. The number of aliphatic imine (C=N–C) groups is 1. The lowest BCUT2D eigenvalue weighted by Gasteiger charge is -2.24. The average molecular weight is 356 g/mol. The van der Waals surface area contributed by atoms with E-state index in [0.717, 1.165) is 50.8 Å². The van der Waals surface area contributed by atoms with Gasteiger partial charge in [-0.1, -0.05) is 44.2 Å². The first-order chi connectivity index (χ1) is 12.5. The van der Waals surface area contributed by atoms with Gasteiger partial charge in [-0.05, 0) is 32.3 Å². The third-order valence-corrected chi connectivity index (χ3v) is 4.57. The second-order valence-electron chi connectivity index (χ2n) is 7.25. The summed E-state index contributed by atoms with van der Waals surface area (Å²) in [6, 6.07) is 10.6. The van der Waals surface area contributed by atoms with Crippen molar-refractivity contribution in [3.05, 3.63) is 54.1 Å². The van der Waals surface area contributed by atoms with E-state index in [9.17, 15) is 0 Å². The smallest absolute Gasteiger partial charge is 0.191 e. The molecule has 142 valence electrons. The molecule has 0 saturated carbocycles. The molecule has 2 N–H and O–H groups in total. The van der Waals surface area contributed by atoms with Gasteiger partial charge in [-0.2, -0.15) is 0 Å². The van der Waals surface area contributed by atoms with Crippen LogP contribution in [0, 0.1) is 6.92 Å². The SMILES string of the molecule is CCNC(=NCC(C)(C)c1ccccc1)NCCCCn1ccnc1C. The molecule has 1 aromatic carbocycles. The van der Waals surface area contributed by atoms with Crippen LogP contribution in [0.4, 0.5) is 0 Å². The molecular weight excluding hydrogens is 322 g/mol. The highest BCUT2D eigenvalue weighted by molar-refractivity contribution is 5.79. The number of hydrogen-bond donors (Lipinski definition) is 2. The molecule has 0 spiro atoms. The van der Waals surface area contributed by atoms with Crippen LogP contribution in [-0.4, -0.2) is 35.1 Å². The molecule has 0 aliphatic heterocycles. The minimum absolute atomic E-state index is 0.0164. The Balaban J connectivity index is 1.79. The Kier molecular flexibility index (Phi) is 7.70. The molecule has 0 aliphatic carbocycles. The number of benzene rings is 1. The third kappa shape index (κ3) is 6.21. The standard InChI is InChI=1S/C21H33N5/c1-5-22-20(24-13-9-10-15-26-16-14-23-18(26)2)25-17-21(3,4)19-11-7-6-8-12-19/h6-8,11-12,14,16H,5,9-10,13,15,17H2,1-4H3,(H2,22,24,25). The van der Waals surface area contributed by atoms with E-state index in [1.54, 1.807) is 0 Å². The highest BCUT2D eigenvalue weighted by Crippen LogP contribution is 2.22. The molecule has 5 nitrogen and oxygen atoms in total.